The zero-order valence-corrected chi connectivity index (χ0v) is 11.2. The molecule has 0 aromatic heterocycles. The maximum Gasteiger partial charge on any atom is 0.242 e. The number of nitrogens with two attached hydrogens (primary N) is 1. The first-order chi connectivity index (χ1) is 8.46. The average molecular weight is 371 g/mol. The Labute approximate surface area is 115 Å². The van der Waals surface area contributed by atoms with Crippen LogP contribution in [0.4, 0.5) is 4.39 Å². The molecule has 0 spiro atoms. The number of nitrogens with zero attached hydrogens (tertiary/aromatic N) is 3. The molecule has 0 aromatic rings. The molecule has 100 valence electrons. The Bertz CT molecular complexity index is 402. The van der Waals surface area contributed by atoms with Gasteiger partial charge >= 0.3 is 0 Å². The number of nitrogens with one attached hydrogen (secondary N) is 1. The molecule has 0 aliphatic carbocycles. The first kappa shape index (κ1) is 15.0. The van der Waals surface area contributed by atoms with Gasteiger partial charge in [0.1, 0.15) is 6.10 Å². The van der Waals surface area contributed by atoms with Crippen molar-refractivity contribution in [2.45, 2.75) is 24.2 Å². The fraction of sp³-hybridized carbons (Fsp3) is 0.625. The maximum atomic E-state index is 13.9. The fourth-order valence-corrected chi connectivity index (χ4v) is 2.17. The largest absolute Gasteiger partial charge is 0.385 e. The summed E-state index contributed by atoms with van der Waals surface area (Å²) in [6, 6.07) is 0. The van der Waals surface area contributed by atoms with E-state index in [0.29, 0.717) is 0 Å². The lowest BCUT2D eigenvalue weighted by atomic mass is 10.1. The van der Waals surface area contributed by atoms with E-state index in [4.69, 9.17) is 16.0 Å². The molecule has 0 bridgehead atoms. The van der Waals surface area contributed by atoms with Gasteiger partial charge in [0.25, 0.3) is 0 Å². The van der Waals surface area contributed by atoms with Crippen molar-refractivity contribution in [3.63, 3.8) is 0 Å². The summed E-state index contributed by atoms with van der Waals surface area (Å²) in [5.74, 6) is -0.706. The molecule has 0 saturated carbocycles. The van der Waals surface area contributed by atoms with Gasteiger partial charge in [-0.25, -0.2) is 4.39 Å². The predicted molar refractivity (Wildman–Crippen MR) is 68.0 cm³/mol. The van der Waals surface area contributed by atoms with Crippen LogP contribution in [-0.4, -0.2) is 39.7 Å². The van der Waals surface area contributed by atoms with E-state index < -0.39 is 30.1 Å². The minimum atomic E-state index is -1.87. The van der Waals surface area contributed by atoms with E-state index in [9.17, 15) is 14.3 Å². The van der Waals surface area contributed by atoms with Crippen molar-refractivity contribution in [3.8, 4) is 0 Å². The normalized spacial score (nSPS) is 35.4. The molecule has 0 aromatic carbocycles. The van der Waals surface area contributed by atoms with E-state index in [1.54, 1.807) is 22.6 Å². The van der Waals surface area contributed by atoms with Gasteiger partial charge in [-0.1, -0.05) is 27.7 Å². The molecule has 0 radical (unpaired) electrons. The Morgan fingerprint density at radius 3 is 3.00 bits per heavy atom. The van der Waals surface area contributed by atoms with Gasteiger partial charge in [0, 0.05) is 21.6 Å². The Balaban J connectivity index is 2.80. The average Bonchev–Trinajstić information content (AvgIpc) is 2.55. The number of aliphatic hydroxyl groups excluding tert-OH is 1. The number of rotatable bonds is 5. The fourth-order valence-electron chi connectivity index (χ4n) is 1.42. The summed E-state index contributed by atoms with van der Waals surface area (Å²) in [7, 11) is 0. The Hall–Kier alpha value is -1.10. The van der Waals surface area contributed by atoms with Gasteiger partial charge in [0.15, 0.2) is 18.1 Å². The Morgan fingerprint density at radius 2 is 2.50 bits per heavy atom. The maximum absolute atomic E-state index is 13.9. The topological polar surface area (TPSA) is 133 Å². The molecule has 1 heterocycles. The zero-order chi connectivity index (χ0) is 13.8. The summed E-state index contributed by atoms with van der Waals surface area (Å²) < 4.78 is 19.1. The summed E-state index contributed by atoms with van der Waals surface area (Å²) in [5, 5.41) is 15.3. The van der Waals surface area contributed by atoms with Gasteiger partial charge < -0.3 is 20.9 Å². The van der Waals surface area contributed by atoms with Gasteiger partial charge in [-0.15, -0.1) is 0 Å². The molecule has 1 aliphatic heterocycles. The van der Waals surface area contributed by atoms with Crippen LogP contribution in [0.1, 0.15) is 0 Å². The Morgan fingerprint density at radius 1 is 1.83 bits per heavy atom. The highest BCUT2D eigenvalue weighted by Crippen LogP contribution is 2.35. The van der Waals surface area contributed by atoms with Crippen LogP contribution in [0.3, 0.4) is 0 Å². The second-order valence-corrected chi connectivity index (χ2v) is 4.26. The molecule has 1 amide bonds. The van der Waals surface area contributed by atoms with Crippen molar-refractivity contribution in [3.05, 3.63) is 22.7 Å². The van der Waals surface area contributed by atoms with Crippen LogP contribution >= 0.6 is 22.6 Å². The van der Waals surface area contributed by atoms with Crippen molar-refractivity contribution in [2.24, 2.45) is 10.8 Å². The third-order valence-electron chi connectivity index (χ3n) is 2.29. The number of ether oxygens (including phenoxy) is 1. The number of hydrogen-bond donors (Lipinski definition) is 3. The highest BCUT2D eigenvalue weighted by molar-refractivity contribution is 14.1. The lowest BCUT2D eigenvalue weighted by Gasteiger charge is -2.22. The first-order valence-electron chi connectivity index (χ1n) is 4.81. The number of azide groups is 1. The van der Waals surface area contributed by atoms with Crippen molar-refractivity contribution < 1.29 is 19.0 Å². The van der Waals surface area contributed by atoms with E-state index in [2.05, 4.69) is 15.3 Å². The van der Waals surface area contributed by atoms with Crippen LogP contribution in [0.2, 0.25) is 0 Å². The molecule has 0 unspecified atom stereocenters. The van der Waals surface area contributed by atoms with Crippen LogP contribution in [0.25, 0.3) is 10.4 Å². The van der Waals surface area contributed by atoms with Crippen molar-refractivity contribution >= 4 is 28.5 Å². The van der Waals surface area contributed by atoms with Gasteiger partial charge in [-0.05, 0) is 5.53 Å². The molecular weight excluding hydrogens is 360 g/mol. The number of amides is 1. The standard InChI is InChI=1S/C8H11FIN5O3/c9-6-5(17)7(13-2-1-4(11)16)18-8(6,3-10)14-15-12/h1-2,5-7,13,17H,3H2,(H2,11,16)/b2-1-/t5-,6+,7-,8-/m1/s1. The lowest BCUT2D eigenvalue weighted by Crippen LogP contribution is -2.39. The third-order valence-corrected chi connectivity index (χ3v) is 3.38. The Kier molecular flexibility index (Phi) is 5.14. The molecule has 10 heteroatoms. The second kappa shape index (κ2) is 6.18. The molecule has 4 N–H and O–H groups in total. The van der Waals surface area contributed by atoms with E-state index in [0.717, 1.165) is 12.3 Å². The monoisotopic (exact) mass is 371 g/mol. The van der Waals surface area contributed by atoms with Crippen LogP contribution in [0, 0.1) is 0 Å². The van der Waals surface area contributed by atoms with E-state index in [1.165, 1.54) is 0 Å². The van der Waals surface area contributed by atoms with Crippen LogP contribution in [-0.2, 0) is 9.53 Å². The van der Waals surface area contributed by atoms with Gasteiger partial charge in [-0.2, -0.15) is 0 Å². The van der Waals surface area contributed by atoms with E-state index in [-0.39, 0.29) is 4.43 Å². The summed E-state index contributed by atoms with van der Waals surface area (Å²) >= 11 is 1.79. The number of aliphatic hydroxyl groups is 1. The minimum Gasteiger partial charge on any atom is -0.385 e. The number of alkyl halides is 2. The quantitative estimate of drug-likeness (QED) is 0.158. The smallest absolute Gasteiger partial charge is 0.242 e. The SMILES string of the molecule is [N-]=[N+]=N[C@]1(CI)O[C@@H](N/C=C\C(N)=O)[C@H](O)[C@@H]1F. The van der Waals surface area contributed by atoms with Crippen molar-refractivity contribution in [1.29, 1.82) is 0 Å². The predicted octanol–water partition coefficient (Wildman–Crippen LogP) is 0.0719. The van der Waals surface area contributed by atoms with Gasteiger partial charge in [-0.3, -0.25) is 4.79 Å². The van der Waals surface area contributed by atoms with Gasteiger partial charge in [0.2, 0.25) is 5.91 Å². The highest BCUT2D eigenvalue weighted by atomic mass is 127. The summed E-state index contributed by atoms with van der Waals surface area (Å²) in [6.45, 7) is 0. The molecule has 1 fully saturated rings. The summed E-state index contributed by atoms with van der Waals surface area (Å²) in [4.78, 5) is 13.0. The molecule has 18 heavy (non-hydrogen) atoms. The molecule has 8 nitrogen and oxygen atoms in total. The van der Waals surface area contributed by atoms with Gasteiger partial charge in [0.05, 0.1) is 0 Å². The summed E-state index contributed by atoms with van der Waals surface area (Å²) in [6.07, 6.45) is -2.41. The number of carbonyl (C=O) groups excluding carboxylic acids is 1. The lowest BCUT2D eigenvalue weighted by molar-refractivity contribution is -0.113. The summed E-state index contributed by atoms with van der Waals surface area (Å²) in [5.41, 5.74) is 11.5. The first-order valence-corrected chi connectivity index (χ1v) is 6.33. The van der Waals surface area contributed by atoms with Crippen molar-refractivity contribution in [1.82, 2.24) is 5.32 Å². The van der Waals surface area contributed by atoms with Crippen LogP contribution < -0.4 is 11.1 Å². The molecular formula is C8H11FIN5O3. The minimum absolute atomic E-state index is 0.0325. The van der Waals surface area contributed by atoms with E-state index >= 15 is 0 Å². The molecule has 1 rings (SSSR count). The van der Waals surface area contributed by atoms with E-state index in [1.807, 2.05) is 0 Å². The molecule has 1 aliphatic rings. The number of primary amides is 1. The third kappa shape index (κ3) is 3.02. The van der Waals surface area contributed by atoms with Crippen molar-refractivity contribution in [2.75, 3.05) is 4.43 Å². The number of carbonyl (C=O) groups is 1. The van der Waals surface area contributed by atoms with Crippen LogP contribution in [0.15, 0.2) is 17.4 Å². The van der Waals surface area contributed by atoms with Crippen LogP contribution in [0.5, 0.6) is 0 Å². The highest BCUT2D eigenvalue weighted by Gasteiger charge is 2.54. The molecule has 1 saturated heterocycles. The second-order valence-electron chi connectivity index (χ2n) is 3.50. The number of halogens is 2. The number of hydrogen-bond acceptors (Lipinski definition) is 5. The molecule has 4 atom stereocenters. The zero-order valence-electron chi connectivity index (χ0n) is 9.03.